The van der Waals surface area contributed by atoms with Gasteiger partial charge in [-0.1, -0.05) is 17.3 Å². The average Bonchev–Trinajstić information content (AvgIpc) is 3.42. The maximum atomic E-state index is 12.7. The quantitative estimate of drug-likeness (QED) is 0.358. The molecule has 2 fully saturated rings. The fraction of sp³-hybridized carbons (Fsp3) is 0.400. The molecule has 2 saturated heterocycles. The highest BCUT2D eigenvalue weighted by Gasteiger charge is 2.64. The van der Waals surface area contributed by atoms with E-state index in [0.717, 1.165) is 11.4 Å². The summed E-state index contributed by atoms with van der Waals surface area (Å²) in [6.07, 6.45) is 5.20. The molecular formula is C25H28N8O4S. The number of pyridine rings is 2. The molecule has 0 spiro atoms. The van der Waals surface area contributed by atoms with Gasteiger partial charge in [0.25, 0.3) is 0 Å². The number of carboxylic acid groups (broad SMARTS) is 1. The molecule has 0 bridgehead atoms. The third-order valence-electron chi connectivity index (χ3n) is 6.49. The Morgan fingerprint density at radius 2 is 1.68 bits per heavy atom. The minimum absolute atomic E-state index is 0.111. The molecular weight excluding hydrogens is 508 g/mol. The summed E-state index contributed by atoms with van der Waals surface area (Å²) in [5.41, 5.74) is 2.49. The summed E-state index contributed by atoms with van der Waals surface area (Å²) in [5.74, 6) is -1.82. The third-order valence-corrected chi connectivity index (χ3v) is 8.06. The first-order chi connectivity index (χ1) is 18.2. The normalized spacial score (nSPS) is 21.7. The van der Waals surface area contributed by atoms with E-state index in [1.165, 1.54) is 21.3 Å². The predicted octanol–water partition coefficient (Wildman–Crippen LogP) is 0.902. The highest BCUT2D eigenvalue weighted by molar-refractivity contribution is 8.01. The largest absolute Gasteiger partial charge is 0.480 e. The van der Waals surface area contributed by atoms with E-state index >= 15 is 0 Å². The number of nitrogens with zero attached hydrogens (tertiary/aromatic N) is 7. The number of amides is 2. The minimum Gasteiger partial charge on any atom is -0.480 e. The predicted molar refractivity (Wildman–Crippen MR) is 137 cm³/mol. The van der Waals surface area contributed by atoms with E-state index in [1.807, 2.05) is 36.4 Å². The molecule has 3 aromatic rings. The molecule has 0 aliphatic carbocycles. The molecule has 2 aliphatic rings. The standard InChI is InChI=1S/C25H28N8O4S/c1-25(2)21(24(36)37)33-22(35)20(23(33)38-25)28-19(34)15-32-14-18(29-30-32)13-31(11-16-7-3-5-9-26-16)12-17-8-4-6-10-27-17/h3-10,14,20-21,23H,11-13,15H2,1-2H3,(H,28,34)(H,36,37). The summed E-state index contributed by atoms with van der Waals surface area (Å²) in [5, 5.41) is 20.2. The van der Waals surface area contributed by atoms with E-state index < -0.39 is 34.1 Å². The van der Waals surface area contributed by atoms with Gasteiger partial charge in [0.1, 0.15) is 24.0 Å². The van der Waals surface area contributed by atoms with Crippen molar-refractivity contribution in [3.63, 3.8) is 0 Å². The molecule has 5 rings (SSSR count). The lowest BCUT2D eigenvalue weighted by Crippen LogP contribution is -2.70. The van der Waals surface area contributed by atoms with Crippen LogP contribution >= 0.6 is 11.8 Å². The number of carbonyl (C=O) groups excluding carboxylic acids is 2. The lowest BCUT2D eigenvalue weighted by atomic mass is 9.96. The number of carboxylic acids is 1. The molecule has 3 atom stereocenters. The zero-order valence-corrected chi connectivity index (χ0v) is 21.8. The fourth-order valence-electron chi connectivity index (χ4n) is 4.84. The number of hydrogen-bond donors (Lipinski definition) is 2. The molecule has 2 N–H and O–H groups in total. The summed E-state index contributed by atoms with van der Waals surface area (Å²) in [7, 11) is 0. The van der Waals surface area contributed by atoms with Gasteiger partial charge in [0, 0.05) is 36.8 Å². The number of carbonyl (C=O) groups is 3. The number of nitrogens with one attached hydrogen (secondary N) is 1. The van der Waals surface area contributed by atoms with Gasteiger partial charge in [0.15, 0.2) is 0 Å². The van der Waals surface area contributed by atoms with Crippen molar-refractivity contribution in [2.75, 3.05) is 0 Å². The molecule has 5 heterocycles. The highest BCUT2D eigenvalue weighted by atomic mass is 32.2. The molecule has 2 aliphatic heterocycles. The van der Waals surface area contributed by atoms with Crippen molar-refractivity contribution in [1.82, 2.24) is 40.1 Å². The van der Waals surface area contributed by atoms with E-state index in [0.29, 0.717) is 25.3 Å². The molecule has 198 valence electrons. The Balaban J connectivity index is 1.20. The molecule has 0 saturated carbocycles. The zero-order valence-electron chi connectivity index (χ0n) is 21.0. The number of thioether (sulfide) groups is 1. The van der Waals surface area contributed by atoms with Crippen LogP contribution in [0.3, 0.4) is 0 Å². The van der Waals surface area contributed by atoms with Crippen molar-refractivity contribution in [2.24, 2.45) is 0 Å². The van der Waals surface area contributed by atoms with Gasteiger partial charge in [0.2, 0.25) is 11.8 Å². The maximum Gasteiger partial charge on any atom is 0.327 e. The number of aliphatic carboxylic acids is 1. The number of β-lactam (4-membered cyclic amide) rings is 1. The molecule has 38 heavy (non-hydrogen) atoms. The van der Waals surface area contributed by atoms with Crippen molar-refractivity contribution < 1.29 is 19.5 Å². The van der Waals surface area contributed by atoms with Gasteiger partial charge in [-0.05, 0) is 38.1 Å². The van der Waals surface area contributed by atoms with Gasteiger partial charge in [-0.3, -0.25) is 24.5 Å². The van der Waals surface area contributed by atoms with Crippen LogP contribution in [0.15, 0.2) is 55.0 Å². The highest BCUT2D eigenvalue weighted by Crippen LogP contribution is 2.50. The lowest BCUT2D eigenvalue weighted by Gasteiger charge is -2.43. The van der Waals surface area contributed by atoms with Gasteiger partial charge in [0.05, 0.1) is 23.3 Å². The van der Waals surface area contributed by atoms with E-state index in [-0.39, 0.29) is 12.5 Å². The van der Waals surface area contributed by atoms with Crippen LogP contribution in [0, 0.1) is 0 Å². The number of aromatic nitrogens is 5. The van der Waals surface area contributed by atoms with Crippen molar-refractivity contribution in [1.29, 1.82) is 0 Å². The Bertz CT molecular complexity index is 1280. The van der Waals surface area contributed by atoms with Crippen LogP contribution in [0.1, 0.15) is 30.9 Å². The van der Waals surface area contributed by atoms with Gasteiger partial charge < -0.3 is 15.3 Å². The van der Waals surface area contributed by atoms with Crippen LogP contribution in [-0.4, -0.2) is 79.9 Å². The molecule has 12 nitrogen and oxygen atoms in total. The van der Waals surface area contributed by atoms with E-state index in [9.17, 15) is 19.5 Å². The Hall–Kier alpha value is -3.84. The third kappa shape index (κ3) is 5.38. The van der Waals surface area contributed by atoms with Crippen LogP contribution < -0.4 is 5.32 Å². The Kier molecular flexibility index (Phi) is 7.13. The van der Waals surface area contributed by atoms with Crippen LogP contribution in [0.4, 0.5) is 0 Å². The van der Waals surface area contributed by atoms with Crippen LogP contribution in [-0.2, 0) is 40.6 Å². The first-order valence-corrected chi connectivity index (χ1v) is 13.0. The number of rotatable bonds is 10. The summed E-state index contributed by atoms with van der Waals surface area (Å²) < 4.78 is 0.778. The van der Waals surface area contributed by atoms with E-state index in [2.05, 4.69) is 30.5 Å². The van der Waals surface area contributed by atoms with Crippen molar-refractivity contribution in [3.05, 3.63) is 72.1 Å². The van der Waals surface area contributed by atoms with Crippen LogP contribution in [0.5, 0.6) is 0 Å². The second kappa shape index (κ2) is 10.5. The second-order valence-corrected chi connectivity index (χ2v) is 11.6. The SMILES string of the molecule is CC1(C)SC2C(NC(=O)Cn3cc(CN(Cc4ccccn4)Cc4ccccn4)nn3)C(=O)N2C1C(=O)O. The Morgan fingerprint density at radius 1 is 1.05 bits per heavy atom. The van der Waals surface area contributed by atoms with Gasteiger partial charge in [-0.2, -0.15) is 0 Å². The summed E-state index contributed by atoms with van der Waals surface area (Å²) >= 11 is 1.39. The molecule has 3 unspecified atom stereocenters. The van der Waals surface area contributed by atoms with Gasteiger partial charge in [-0.25, -0.2) is 9.48 Å². The Labute approximate surface area is 223 Å². The molecule has 0 aromatic carbocycles. The zero-order chi connectivity index (χ0) is 26.9. The smallest absolute Gasteiger partial charge is 0.327 e. The van der Waals surface area contributed by atoms with Gasteiger partial charge >= 0.3 is 5.97 Å². The summed E-state index contributed by atoms with van der Waals surface area (Å²) in [4.78, 5) is 49.4. The second-order valence-electron chi connectivity index (χ2n) is 9.84. The first kappa shape index (κ1) is 25.8. The van der Waals surface area contributed by atoms with Crippen LogP contribution in [0.2, 0.25) is 0 Å². The maximum absolute atomic E-state index is 12.7. The topological polar surface area (TPSA) is 146 Å². The molecule has 3 aromatic heterocycles. The molecule has 13 heteroatoms. The Morgan fingerprint density at radius 3 is 2.26 bits per heavy atom. The van der Waals surface area contributed by atoms with Crippen molar-refractivity contribution in [2.45, 2.75) is 62.2 Å². The lowest BCUT2D eigenvalue weighted by molar-refractivity contribution is -0.161. The minimum atomic E-state index is -1.04. The van der Waals surface area contributed by atoms with Gasteiger partial charge in [-0.15, -0.1) is 16.9 Å². The number of fused-ring (bicyclic) bond motifs is 1. The number of hydrogen-bond acceptors (Lipinski definition) is 9. The monoisotopic (exact) mass is 536 g/mol. The van der Waals surface area contributed by atoms with Crippen molar-refractivity contribution in [3.8, 4) is 0 Å². The summed E-state index contributed by atoms with van der Waals surface area (Å²) in [6, 6.07) is 9.85. The molecule has 0 radical (unpaired) electrons. The summed E-state index contributed by atoms with van der Waals surface area (Å²) in [6.45, 7) is 5.11. The first-order valence-electron chi connectivity index (χ1n) is 12.1. The molecule has 2 amide bonds. The fourth-order valence-corrected chi connectivity index (χ4v) is 6.46. The van der Waals surface area contributed by atoms with E-state index in [4.69, 9.17) is 0 Å². The van der Waals surface area contributed by atoms with E-state index in [1.54, 1.807) is 32.4 Å². The van der Waals surface area contributed by atoms with Crippen LogP contribution in [0.25, 0.3) is 0 Å². The van der Waals surface area contributed by atoms with Crippen molar-refractivity contribution >= 4 is 29.5 Å². The average molecular weight is 537 g/mol.